The lowest BCUT2D eigenvalue weighted by Crippen LogP contribution is -2.16. The molecule has 126 valence electrons. The molecule has 0 unspecified atom stereocenters. The summed E-state index contributed by atoms with van der Waals surface area (Å²) in [6.07, 6.45) is 2.95. The van der Waals surface area contributed by atoms with E-state index in [1.807, 2.05) is 42.3 Å². The molecule has 0 atom stereocenters. The van der Waals surface area contributed by atoms with E-state index in [4.69, 9.17) is 23.2 Å². The van der Waals surface area contributed by atoms with E-state index in [1.54, 1.807) is 18.2 Å². The minimum atomic E-state index is -0.434. The van der Waals surface area contributed by atoms with Gasteiger partial charge in [-0.25, -0.2) is 9.97 Å². The lowest BCUT2D eigenvalue weighted by molar-refractivity contribution is 0.102. The lowest BCUT2D eigenvalue weighted by atomic mass is 10.3. The number of hydrogen-bond acceptors (Lipinski definition) is 4. The van der Waals surface area contributed by atoms with Crippen molar-refractivity contribution in [1.82, 2.24) is 9.97 Å². The van der Waals surface area contributed by atoms with Crippen molar-refractivity contribution in [3.05, 3.63) is 76.7 Å². The molecule has 0 bridgehead atoms. The van der Waals surface area contributed by atoms with Crippen molar-refractivity contribution in [1.29, 1.82) is 0 Å². The molecule has 0 aliphatic heterocycles. The zero-order valence-electron chi connectivity index (χ0n) is 13.3. The van der Waals surface area contributed by atoms with E-state index < -0.39 is 5.91 Å². The van der Waals surface area contributed by atoms with Gasteiger partial charge in [-0.05, 0) is 24.3 Å². The largest absolute Gasteiger partial charge is 0.328 e. The predicted octanol–water partition coefficient (Wildman–Crippen LogP) is 4.80. The normalized spacial score (nSPS) is 10.4. The van der Waals surface area contributed by atoms with Gasteiger partial charge >= 0.3 is 0 Å². The standard InChI is InChI=1S/C18H14Cl2N4O/c1-24(12-6-3-2-4-7-12)16-11-21-15(10-22-16)18(25)23-17-13(19)8-5-9-14(17)20/h2-11H,1H3,(H,23,25). The van der Waals surface area contributed by atoms with Crippen molar-refractivity contribution in [2.45, 2.75) is 0 Å². The molecule has 0 aliphatic rings. The fourth-order valence-corrected chi connectivity index (χ4v) is 2.68. The topological polar surface area (TPSA) is 58.1 Å². The Kier molecular flexibility index (Phi) is 5.16. The fourth-order valence-electron chi connectivity index (χ4n) is 2.19. The van der Waals surface area contributed by atoms with Crippen LogP contribution in [-0.2, 0) is 0 Å². The second kappa shape index (κ2) is 7.51. The van der Waals surface area contributed by atoms with Gasteiger partial charge in [-0.1, -0.05) is 47.5 Å². The number of para-hydroxylation sites is 2. The van der Waals surface area contributed by atoms with Gasteiger partial charge in [0, 0.05) is 12.7 Å². The first kappa shape index (κ1) is 17.2. The van der Waals surface area contributed by atoms with Crippen LogP contribution < -0.4 is 10.2 Å². The smallest absolute Gasteiger partial charge is 0.275 e. The van der Waals surface area contributed by atoms with Crippen LogP contribution in [0.15, 0.2) is 60.9 Å². The van der Waals surface area contributed by atoms with Crippen LogP contribution in [-0.4, -0.2) is 22.9 Å². The van der Waals surface area contributed by atoms with Crippen LogP contribution in [0.1, 0.15) is 10.5 Å². The van der Waals surface area contributed by atoms with Gasteiger partial charge in [0.2, 0.25) is 0 Å². The summed E-state index contributed by atoms with van der Waals surface area (Å²) in [5.74, 6) is 0.190. The SMILES string of the molecule is CN(c1ccccc1)c1cnc(C(=O)Nc2c(Cl)cccc2Cl)cn1. The lowest BCUT2D eigenvalue weighted by Gasteiger charge is -2.17. The number of amides is 1. The number of halogens is 2. The van der Waals surface area contributed by atoms with Crippen LogP contribution in [0.4, 0.5) is 17.2 Å². The second-order valence-corrected chi connectivity index (χ2v) is 6.02. The summed E-state index contributed by atoms with van der Waals surface area (Å²) in [7, 11) is 1.88. The van der Waals surface area contributed by atoms with Gasteiger partial charge in [0.05, 0.1) is 28.1 Å². The van der Waals surface area contributed by atoms with E-state index >= 15 is 0 Å². The van der Waals surface area contributed by atoms with Gasteiger partial charge in [-0.2, -0.15) is 0 Å². The Labute approximate surface area is 155 Å². The number of nitrogens with zero attached hydrogens (tertiary/aromatic N) is 3. The number of anilines is 3. The Morgan fingerprint density at radius 3 is 2.24 bits per heavy atom. The van der Waals surface area contributed by atoms with E-state index in [9.17, 15) is 4.79 Å². The van der Waals surface area contributed by atoms with Gasteiger partial charge in [0.1, 0.15) is 5.69 Å². The maximum Gasteiger partial charge on any atom is 0.275 e. The minimum absolute atomic E-state index is 0.168. The van der Waals surface area contributed by atoms with Gasteiger partial charge in [-0.15, -0.1) is 0 Å². The summed E-state index contributed by atoms with van der Waals surface area (Å²) in [4.78, 5) is 22.7. The van der Waals surface area contributed by atoms with Crippen molar-refractivity contribution in [2.24, 2.45) is 0 Å². The second-order valence-electron chi connectivity index (χ2n) is 5.21. The van der Waals surface area contributed by atoms with Crippen molar-refractivity contribution in [3.63, 3.8) is 0 Å². The molecular weight excluding hydrogens is 359 g/mol. The molecule has 7 heteroatoms. The average molecular weight is 373 g/mol. The Morgan fingerprint density at radius 2 is 1.64 bits per heavy atom. The highest BCUT2D eigenvalue weighted by Gasteiger charge is 2.14. The number of hydrogen-bond donors (Lipinski definition) is 1. The van der Waals surface area contributed by atoms with E-state index in [0.717, 1.165) is 5.69 Å². The van der Waals surface area contributed by atoms with Gasteiger partial charge in [0.25, 0.3) is 5.91 Å². The summed E-state index contributed by atoms with van der Waals surface area (Å²) in [6.45, 7) is 0. The summed E-state index contributed by atoms with van der Waals surface area (Å²) in [5.41, 5.74) is 1.49. The van der Waals surface area contributed by atoms with Crippen molar-refractivity contribution in [3.8, 4) is 0 Å². The number of rotatable bonds is 4. The monoisotopic (exact) mass is 372 g/mol. The molecule has 2 aromatic carbocycles. The third-order valence-corrected chi connectivity index (χ3v) is 4.19. The van der Waals surface area contributed by atoms with E-state index in [0.29, 0.717) is 21.6 Å². The molecule has 0 aliphatic carbocycles. The minimum Gasteiger partial charge on any atom is -0.328 e. The van der Waals surface area contributed by atoms with Crippen LogP contribution in [0.3, 0.4) is 0 Å². The Morgan fingerprint density at radius 1 is 0.960 bits per heavy atom. The first-order chi connectivity index (χ1) is 12.1. The summed E-state index contributed by atoms with van der Waals surface area (Å²) >= 11 is 12.1. The molecule has 1 amide bonds. The highest BCUT2D eigenvalue weighted by molar-refractivity contribution is 6.39. The number of aromatic nitrogens is 2. The van der Waals surface area contributed by atoms with E-state index in [1.165, 1.54) is 12.4 Å². The van der Waals surface area contributed by atoms with Crippen LogP contribution in [0.5, 0.6) is 0 Å². The summed E-state index contributed by atoms with van der Waals surface area (Å²) in [5, 5.41) is 3.37. The molecule has 5 nitrogen and oxygen atoms in total. The molecular formula is C18H14Cl2N4O. The average Bonchev–Trinajstić information content (AvgIpc) is 2.65. The predicted molar refractivity (Wildman–Crippen MR) is 101 cm³/mol. The summed E-state index contributed by atoms with van der Waals surface area (Å²) in [6, 6.07) is 14.7. The molecule has 0 fully saturated rings. The maximum absolute atomic E-state index is 12.3. The molecule has 25 heavy (non-hydrogen) atoms. The molecule has 1 N–H and O–H groups in total. The quantitative estimate of drug-likeness (QED) is 0.714. The third-order valence-electron chi connectivity index (χ3n) is 3.56. The van der Waals surface area contributed by atoms with Crippen molar-refractivity contribution >= 4 is 46.3 Å². The highest BCUT2D eigenvalue weighted by atomic mass is 35.5. The Bertz CT molecular complexity index is 865. The van der Waals surface area contributed by atoms with Gasteiger partial charge < -0.3 is 10.2 Å². The van der Waals surface area contributed by atoms with Crippen LogP contribution >= 0.6 is 23.2 Å². The Balaban J connectivity index is 1.77. The number of carbonyl (C=O) groups excluding carboxylic acids is 1. The molecule has 1 aromatic heterocycles. The number of nitrogens with one attached hydrogen (secondary N) is 1. The van der Waals surface area contributed by atoms with Gasteiger partial charge in [-0.3, -0.25) is 4.79 Å². The van der Waals surface area contributed by atoms with Crippen LogP contribution in [0.25, 0.3) is 0 Å². The van der Waals surface area contributed by atoms with Crippen molar-refractivity contribution < 1.29 is 4.79 Å². The molecule has 1 heterocycles. The molecule has 0 radical (unpaired) electrons. The fraction of sp³-hybridized carbons (Fsp3) is 0.0556. The van der Waals surface area contributed by atoms with Crippen molar-refractivity contribution in [2.75, 3.05) is 17.3 Å². The molecule has 3 rings (SSSR count). The third kappa shape index (κ3) is 3.90. The van der Waals surface area contributed by atoms with E-state index in [-0.39, 0.29) is 5.69 Å². The van der Waals surface area contributed by atoms with Crippen LogP contribution in [0.2, 0.25) is 10.0 Å². The number of benzene rings is 2. The summed E-state index contributed by atoms with van der Waals surface area (Å²) < 4.78 is 0. The highest BCUT2D eigenvalue weighted by Crippen LogP contribution is 2.30. The first-order valence-corrected chi connectivity index (χ1v) is 8.18. The number of carbonyl (C=O) groups is 1. The molecule has 0 saturated carbocycles. The zero-order valence-corrected chi connectivity index (χ0v) is 14.8. The Hall–Kier alpha value is -2.63. The first-order valence-electron chi connectivity index (χ1n) is 7.42. The molecule has 3 aromatic rings. The molecule has 0 spiro atoms. The van der Waals surface area contributed by atoms with Crippen LogP contribution in [0, 0.1) is 0 Å². The maximum atomic E-state index is 12.3. The van der Waals surface area contributed by atoms with E-state index in [2.05, 4.69) is 15.3 Å². The zero-order chi connectivity index (χ0) is 17.8. The van der Waals surface area contributed by atoms with Gasteiger partial charge in [0.15, 0.2) is 5.82 Å². The molecule has 0 saturated heterocycles.